The molecule has 2 N–H and O–H groups in total. The lowest BCUT2D eigenvalue weighted by molar-refractivity contribution is 0.134. The van der Waals surface area contributed by atoms with Gasteiger partial charge >= 0.3 is 0 Å². The fourth-order valence-electron chi connectivity index (χ4n) is 2.03. The van der Waals surface area contributed by atoms with Gasteiger partial charge in [0.2, 0.25) is 0 Å². The second kappa shape index (κ2) is 3.77. The molecule has 0 fully saturated rings. The summed E-state index contributed by atoms with van der Waals surface area (Å²) >= 11 is 0. The van der Waals surface area contributed by atoms with Crippen LogP contribution in [0, 0.1) is 0 Å². The first kappa shape index (κ1) is 9.63. The summed E-state index contributed by atoms with van der Waals surface area (Å²) in [6.07, 6.45) is 3.33. The molecule has 1 aromatic heterocycles. The van der Waals surface area contributed by atoms with Crippen molar-refractivity contribution in [2.24, 2.45) is 5.73 Å². The summed E-state index contributed by atoms with van der Waals surface area (Å²) in [5.41, 5.74) is 10.8. The summed E-state index contributed by atoms with van der Waals surface area (Å²) in [5.74, 6) is 0. The van der Waals surface area contributed by atoms with E-state index in [-0.39, 0.29) is 6.04 Å². The monoisotopic (exact) mass is 215 g/mol. The molecule has 0 saturated heterocycles. The Morgan fingerprint density at radius 2 is 1.94 bits per heavy atom. The lowest BCUT2D eigenvalue weighted by Gasteiger charge is -2.11. The van der Waals surface area contributed by atoms with E-state index in [9.17, 15) is 0 Å². The molecule has 2 aromatic rings. The zero-order valence-corrected chi connectivity index (χ0v) is 8.85. The molecule has 3 heteroatoms. The Morgan fingerprint density at radius 3 is 2.75 bits per heavy atom. The zero-order chi connectivity index (χ0) is 11.0. The van der Waals surface area contributed by atoms with E-state index in [1.165, 1.54) is 11.1 Å². The summed E-state index contributed by atoms with van der Waals surface area (Å²) in [5, 5.41) is 0. The van der Waals surface area contributed by atoms with Gasteiger partial charge in [0.15, 0.2) is 0 Å². The van der Waals surface area contributed by atoms with Gasteiger partial charge < -0.3 is 14.9 Å². The van der Waals surface area contributed by atoms with Crippen LogP contribution >= 0.6 is 0 Å². The van der Waals surface area contributed by atoms with Crippen LogP contribution in [0.4, 0.5) is 0 Å². The lowest BCUT2D eigenvalue weighted by atomic mass is 9.98. The molecule has 3 rings (SSSR count). The van der Waals surface area contributed by atoms with Crippen LogP contribution < -0.4 is 5.73 Å². The Bertz CT molecular complexity index is 491. The second-order valence-corrected chi connectivity index (χ2v) is 4.06. The molecule has 1 aliphatic rings. The van der Waals surface area contributed by atoms with Gasteiger partial charge in [-0.3, -0.25) is 0 Å². The molecule has 16 heavy (non-hydrogen) atoms. The van der Waals surface area contributed by atoms with E-state index in [1.807, 2.05) is 6.07 Å². The van der Waals surface area contributed by atoms with Crippen LogP contribution in [-0.4, -0.2) is 0 Å². The van der Waals surface area contributed by atoms with E-state index in [4.69, 9.17) is 14.9 Å². The van der Waals surface area contributed by atoms with Gasteiger partial charge in [0, 0.05) is 5.56 Å². The smallest absolute Gasteiger partial charge is 0.0953 e. The van der Waals surface area contributed by atoms with Gasteiger partial charge in [-0.25, -0.2) is 0 Å². The summed E-state index contributed by atoms with van der Waals surface area (Å²) in [6.45, 7) is 1.41. The van der Waals surface area contributed by atoms with Crippen molar-refractivity contribution in [2.45, 2.75) is 19.3 Å². The van der Waals surface area contributed by atoms with Gasteiger partial charge in [0.1, 0.15) is 0 Å². The Labute approximate surface area is 93.8 Å². The summed E-state index contributed by atoms with van der Waals surface area (Å²) < 4.78 is 10.4. The number of rotatable bonds is 2. The van der Waals surface area contributed by atoms with E-state index in [2.05, 4.69) is 18.2 Å². The van der Waals surface area contributed by atoms with Crippen LogP contribution in [0.3, 0.4) is 0 Å². The number of ether oxygens (including phenoxy) is 1. The topological polar surface area (TPSA) is 48.4 Å². The number of fused-ring (bicyclic) bond motifs is 1. The third-order valence-electron chi connectivity index (χ3n) is 3.01. The van der Waals surface area contributed by atoms with Gasteiger partial charge in [-0.05, 0) is 22.8 Å². The van der Waals surface area contributed by atoms with Crippen LogP contribution in [0.2, 0.25) is 0 Å². The summed E-state index contributed by atoms with van der Waals surface area (Å²) in [4.78, 5) is 0. The van der Waals surface area contributed by atoms with Crippen molar-refractivity contribution in [3.05, 3.63) is 59.0 Å². The van der Waals surface area contributed by atoms with E-state index < -0.39 is 0 Å². The standard InChI is InChI=1S/C13H13NO2/c14-13(11-3-4-15-7-11)9-1-2-10-6-16-8-12(10)5-9/h1-5,7,13H,6,8,14H2. The van der Waals surface area contributed by atoms with Gasteiger partial charge in [-0.1, -0.05) is 18.2 Å². The van der Waals surface area contributed by atoms with Crippen molar-refractivity contribution in [1.82, 2.24) is 0 Å². The van der Waals surface area contributed by atoms with Gasteiger partial charge in [0.05, 0.1) is 31.8 Å². The number of benzene rings is 1. The molecular formula is C13H13NO2. The average Bonchev–Trinajstić information content (AvgIpc) is 2.98. The van der Waals surface area contributed by atoms with Crippen molar-refractivity contribution in [3.8, 4) is 0 Å². The first-order valence-electron chi connectivity index (χ1n) is 5.32. The molecule has 82 valence electrons. The van der Waals surface area contributed by atoms with Gasteiger partial charge in [0.25, 0.3) is 0 Å². The molecule has 0 radical (unpaired) electrons. The van der Waals surface area contributed by atoms with Crippen LogP contribution in [0.25, 0.3) is 0 Å². The Hall–Kier alpha value is -1.58. The van der Waals surface area contributed by atoms with Gasteiger partial charge in [-0.15, -0.1) is 0 Å². The molecule has 0 saturated carbocycles. The number of hydrogen-bond donors (Lipinski definition) is 1. The van der Waals surface area contributed by atoms with Crippen LogP contribution in [0.15, 0.2) is 41.2 Å². The lowest BCUT2D eigenvalue weighted by Crippen LogP contribution is -2.11. The maximum atomic E-state index is 6.15. The van der Waals surface area contributed by atoms with E-state index in [1.54, 1.807) is 12.5 Å². The SMILES string of the molecule is NC(c1ccoc1)c1ccc2c(c1)COC2. The molecule has 3 nitrogen and oxygen atoms in total. The average molecular weight is 215 g/mol. The third kappa shape index (κ3) is 1.54. The highest BCUT2D eigenvalue weighted by Crippen LogP contribution is 2.26. The van der Waals surface area contributed by atoms with Gasteiger partial charge in [-0.2, -0.15) is 0 Å². The van der Waals surface area contributed by atoms with Crippen LogP contribution in [-0.2, 0) is 18.0 Å². The minimum atomic E-state index is -0.121. The molecule has 1 aliphatic heterocycles. The van der Waals surface area contributed by atoms with Crippen molar-refractivity contribution in [1.29, 1.82) is 0 Å². The fraction of sp³-hybridized carbons (Fsp3) is 0.231. The Kier molecular flexibility index (Phi) is 2.27. The van der Waals surface area contributed by atoms with Crippen molar-refractivity contribution >= 4 is 0 Å². The molecule has 1 aromatic carbocycles. The summed E-state index contributed by atoms with van der Waals surface area (Å²) in [7, 11) is 0. The quantitative estimate of drug-likeness (QED) is 0.836. The highest BCUT2D eigenvalue weighted by Gasteiger charge is 2.15. The van der Waals surface area contributed by atoms with E-state index in [0.717, 1.165) is 17.7 Å². The second-order valence-electron chi connectivity index (χ2n) is 4.06. The Balaban J connectivity index is 1.95. The first-order valence-corrected chi connectivity index (χ1v) is 5.32. The zero-order valence-electron chi connectivity index (χ0n) is 8.85. The maximum Gasteiger partial charge on any atom is 0.0953 e. The molecule has 2 heterocycles. The molecule has 1 atom stereocenters. The van der Waals surface area contributed by atoms with Crippen LogP contribution in [0.5, 0.6) is 0 Å². The predicted octanol–water partition coefficient (Wildman–Crippen LogP) is 2.36. The number of hydrogen-bond acceptors (Lipinski definition) is 3. The minimum Gasteiger partial charge on any atom is -0.472 e. The van der Waals surface area contributed by atoms with Crippen LogP contribution in [0.1, 0.15) is 28.3 Å². The van der Waals surface area contributed by atoms with Crippen molar-refractivity contribution in [3.63, 3.8) is 0 Å². The minimum absolute atomic E-state index is 0.121. The fourth-order valence-corrected chi connectivity index (χ4v) is 2.03. The number of furan rings is 1. The highest BCUT2D eigenvalue weighted by molar-refractivity contribution is 5.37. The predicted molar refractivity (Wildman–Crippen MR) is 59.7 cm³/mol. The maximum absolute atomic E-state index is 6.15. The molecular weight excluding hydrogens is 202 g/mol. The third-order valence-corrected chi connectivity index (χ3v) is 3.01. The Morgan fingerprint density at radius 1 is 1.06 bits per heavy atom. The van der Waals surface area contributed by atoms with E-state index in [0.29, 0.717) is 6.61 Å². The molecule has 1 unspecified atom stereocenters. The highest BCUT2D eigenvalue weighted by atomic mass is 16.5. The largest absolute Gasteiger partial charge is 0.472 e. The molecule has 0 bridgehead atoms. The first-order chi connectivity index (χ1) is 7.84. The molecule has 0 spiro atoms. The number of nitrogens with two attached hydrogens (primary N) is 1. The normalized spacial score (nSPS) is 16.1. The molecule has 0 aliphatic carbocycles. The van der Waals surface area contributed by atoms with Crippen molar-refractivity contribution in [2.75, 3.05) is 0 Å². The summed E-state index contributed by atoms with van der Waals surface area (Å²) in [6, 6.07) is 8.06. The molecule has 0 amide bonds. The van der Waals surface area contributed by atoms with Crippen molar-refractivity contribution < 1.29 is 9.15 Å². The van der Waals surface area contributed by atoms with E-state index >= 15 is 0 Å².